The van der Waals surface area contributed by atoms with Crippen molar-refractivity contribution in [2.24, 2.45) is 0 Å². The van der Waals surface area contributed by atoms with Crippen molar-refractivity contribution in [3.05, 3.63) is 24.0 Å². The number of hydrogen-bond donors (Lipinski definition) is 1. The van der Waals surface area contributed by atoms with Crippen LogP contribution < -0.4 is 10.1 Å². The molecule has 0 spiro atoms. The third-order valence-electron chi connectivity index (χ3n) is 1.71. The van der Waals surface area contributed by atoms with Crippen LogP contribution in [0.4, 0.5) is 10.1 Å². The average molecular weight is 193 g/mol. The van der Waals surface area contributed by atoms with Gasteiger partial charge in [0.05, 0.1) is 7.11 Å². The summed E-state index contributed by atoms with van der Waals surface area (Å²) in [5, 5.41) is 3.00. The van der Waals surface area contributed by atoms with Gasteiger partial charge in [-0.05, 0) is 6.07 Å². The third kappa shape index (κ3) is 2.98. The van der Waals surface area contributed by atoms with E-state index in [-0.39, 0.29) is 5.82 Å². The summed E-state index contributed by atoms with van der Waals surface area (Å²) < 4.78 is 17.9. The average Bonchev–Trinajstić information content (AvgIpc) is 2.17. The van der Waals surface area contributed by atoms with Crippen molar-refractivity contribution in [2.45, 2.75) is 6.42 Å². The summed E-state index contributed by atoms with van der Waals surface area (Å²) in [6.07, 6.45) is 5.70. The van der Waals surface area contributed by atoms with E-state index in [0.717, 1.165) is 0 Å². The fourth-order valence-electron chi connectivity index (χ4n) is 1.06. The van der Waals surface area contributed by atoms with Gasteiger partial charge in [0.1, 0.15) is 11.6 Å². The molecule has 0 heterocycles. The molecule has 0 aliphatic rings. The van der Waals surface area contributed by atoms with Gasteiger partial charge in [-0.2, -0.15) is 0 Å². The minimum Gasteiger partial charge on any atom is -0.497 e. The number of hydrogen-bond acceptors (Lipinski definition) is 2. The quantitative estimate of drug-likeness (QED) is 0.585. The molecule has 0 aromatic heterocycles. The second-order valence-electron chi connectivity index (χ2n) is 2.76. The molecule has 0 atom stereocenters. The highest BCUT2D eigenvalue weighted by molar-refractivity contribution is 5.48. The summed E-state index contributed by atoms with van der Waals surface area (Å²) in [7, 11) is 1.50. The number of nitrogens with one attached hydrogen (secondary N) is 1. The lowest BCUT2D eigenvalue weighted by molar-refractivity contribution is 0.411. The van der Waals surface area contributed by atoms with Gasteiger partial charge in [0, 0.05) is 30.8 Å². The molecule has 1 rings (SSSR count). The summed E-state index contributed by atoms with van der Waals surface area (Å²) >= 11 is 0. The molecular formula is C11H12FNO. The number of benzene rings is 1. The highest BCUT2D eigenvalue weighted by atomic mass is 19.1. The molecular weight excluding hydrogens is 181 g/mol. The topological polar surface area (TPSA) is 21.3 Å². The standard InChI is InChI=1S/C11H12FNO/c1-3-4-5-13-10-6-9(12)7-11(8-10)14-2/h1,6-8,13H,4-5H2,2H3. The molecule has 1 aromatic rings. The molecule has 1 N–H and O–H groups in total. The van der Waals surface area contributed by atoms with E-state index >= 15 is 0 Å². The van der Waals surface area contributed by atoms with E-state index in [2.05, 4.69) is 11.2 Å². The lowest BCUT2D eigenvalue weighted by atomic mass is 10.3. The normalized spacial score (nSPS) is 9.21. The van der Waals surface area contributed by atoms with Crippen molar-refractivity contribution < 1.29 is 9.13 Å². The first-order valence-electron chi connectivity index (χ1n) is 4.28. The number of anilines is 1. The van der Waals surface area contributed by atoms with Crippen molar-refractivity contribution in [1.29, 1.82) is 0 Å². The molecule has 0 unspecified atom stereocenters. The van der Waals surface area contributed by atoms with Crippen LogP contribution in [0, 0.1) is 18.2 Å². The number of methoxy groups -OCH3 is 1. The third-order valence-corrected chi connectivity index (χ3v) is 1.71. The van der Waals surface area contributed by atoms with Gasteiger partial charge in [0.2, 0.25) is 0 Å². The second-order valence-corrected chi connectivity index (χ2v) is 2.76. The zero-order valence-electron chi connectivity index (χ0n) is 8.01. The Morgan fingerprint density at radius 3 is 2.93 bits per heavy atom. The van der Waals surface area contributed by atoms with Crippen LogP contribution in [-0.2, 0) is 0 Å². The number of rotatable bonds is 4. The van der Waals surface area contributed by atoms with E-state index in [1.54, 1.807) is 6.07 Å². The highest BCUT2D eigenvalue weighted by Crippen LogP contribution is 2.19. The summed E-state index contributed by atoms with van der Waals surface area (Å²) in [6.45, 7) is 0.628. The molecule has 0 bridgehead atoms. The number of ether oxygens (including phenoxy) is 1. The molecule has 0 amide bonds. The van der Waals surface area contributed by atoms with Gasteiger partial charge in [-0.15, -0.1) is 12.3 Å². The first-order chi connectivity index (χ1) is 6.76. The Labute approximate surface area is 83.1 Å². The summed E-state index contributed by atoms with van der Waals surface area (Å²) in [5.74, 6) is 2.66. The van der Waals surface area contributed by atoms with Gasteiger partial charge in [-0.1, -0.05) is 0 Å². The van der Waals surface area contributed by atoms with Gasteiger partial charge >= 0.3 is 0 Å². The summed E-state index contributed by atoms with van der Waals surface area (Å²) in [6, 6.07) is 4.45. The second kappa shape index (κ2) is 5.13. The number of halogens is 1. The maximum Gasteiger partial charge on any atom is 0.128 e. The van der Waals surface area contributed by atoms with Crippen LogP contribution in [0.3, 0.4) is 0 Å². The van der Waals surface area contributed by atoms with Crippen LogP contribution in [-0.4, -0.2) is 13.7 Å². The summed E-state index contributed by atoms with van der Waals surface area (Å²) in [4.78, 5) is 0. The van der Waals surface area contributed by atoms with Crippen LogP contribution in [0.5, 0.6) is 5.75 Å². The molecule has 14 heavy (non-hydrogen) atoms. The first-order valence-corrected chi connectivity index (χ1v) is 4.28. The van der Waals surface area contributed by atoms with E-state index < -0.39 is 0 Å². The smallest absolute Gasteiger partial charge is 0.128 e. The van der Waals surface area contributed by atoms with E-state index in [9.17, 15) is 4.39 Å². The zero-order valence-corrected chi connectivity index (χ0v) is 8.01. The van der Waals surface area contributed by atoms with E-state index in [1.165, 1.54) is 19.2 Å². The van der Waals surface area contributed by atoms with Crippen LogP contribution in [0.25, 0.3) is 0 Å². The van der Waals surface area contributed by atoms with E-state index in [0.29, 0.717) is 24.4 Å². The molecule has 3 heteroatoms. The van der Waals surface area contributed by atoms with Gasteiger partial charge in [-0.3, -0.25) is 0 Å². The lowest BCUT2D eigenvalue weighted by Gasteiger charge is -2.06. The van der Waals surface area contributed by atoms with E-state index in [4.69, 9.17) is 11.2 Å². The van der Waals surface area contributed by atoms with Crippen molar-refractivity contribution in [2.75, 3.05) is 19.0 Å². The Hall–Kier alpha value is -1.69. The highest BCUT2D eigenvalue weighted by Gasteiger charge is 1.99. The van der Waals surface area contributed by atoms with Crippen LogP contribution in [0.2, 0.25) is 0 Å². The molecule has 0 aliphatic heterocycles. The van der Waals surface area contributed by atoms with Crippen molar-refractivity contribution >= 4 is 5.69 Å². The largest absolute Gasteiger partial charge is 0.497 e. The van der Waals surface area contributed by atoms with E-state index in [1.807, 2.05) is 0 Å². The van der Waals surface area contributed by atoms with Gasteiger partial charge in [0.25, 0.3) is 0 Å². The Balaban J connectivity index is 2.67. The molecule has 1 aromatic carbocycles. The SMILES string of the molecule is C#CCCNc1cc(F)cc(OC)c1. The summed E-state index contributed by atoms with van der Waals surface area (Å²) in [5.41, 5.74) is 0.678. The molecule has 0 radical (unpaired) electrons. The number of terminal acetylenes is 1. The van der Waals surface area contributed by atoms with Crippen molar-refractivity contribution in [3.8, 4) is 18.1 Å². The maximum absolute atomic E-state index is 13.0. The monoisotopic (exact) mass is 193 g/mol. The van der Waals surface area contributed by atoms with Crippen LogP contribution >= 0.6 is 0 Å². The zero-order chi connectivity index (χ0) is 10.4. The van der Waals surface area contributed by atoms with Crippen LogP contribution in [0.15, 0.2) is 18.2 Å². The molecule has 0 aliphatic carbocycles. The Morgan fingerprint density at radius 2 is 2.29 bits per heavy atom. The predicted octanol–water partition coefficient (Wildman–Crippen LogP) is 2.27. The molecule has 2 nitrogen and oxygen atoms in total. The minimum atomic E-state index is -0.326. The predicted molar refractivity (Wildman–Crippen MR) is 54.9 cm³/mol. The Kier molecular flexibility index (Phi) is 3.81. The molecule has 74 valence electrons. The van der Waals surface area contributed by atoms with Gasteiger partial charge < -0.3 is 10.1 Å². The molecule has 0 fully saturated rings. The van der Waals surface area contributed by atoms with Crippen LogP contribution in [0.1, 0.15) is 6.42 Å². The van der Waals surface area contributed by atoms with Crippen molar-refractivity contribution in [1.82, 2.24) is 0 Å². The fourth-order valence-corrected chi connectivity index (χ4v) is 1.06. The molecule has 0 saturated carbocycles. The maximum atomic E-state index is 13.0. The van der Waals surface area contributed by atoms with Gasteiger partial charge in [0.15, 0.2) is 0 Å². The molecule has 0 saturated heterocycles. The van der Waals surface area contributed by atoms with Gasteiger partial charge in [-0.25, -0.2) is 4.39 Å². The first kappa shape index (κ1) is 10.4. The minimum absolute atomic E-state index is 0.326. The van der Waals surface area contributed by atoms with Crippen molar-refractivity contribution in [3.63, 3.8) is 0 Å². The Bertz CT molecular complexity index is 344. The Morgan fingerprint density at radius 1 is 1.50 bits per heavy atom. The lowest BCUT2D eigenvalue weighted by Crippen LogP contribution is -2.00. The fraction of sp³-hybridized carbons (Fsp3) is 0.273.